The predicted molar refractivity (Wildman–Crippen MR) is 116 cm³/mol. The third kappa shape index (κ3) is 4.71. The quantitative estimate of drug-likeness (QED) is 0.616. The van der Waals surface area contributed by atoms with Gasteiger partial charge in [0.1, 0.15) is 22.1 Å². The topological polar surface area (TPSA) is 118 Å². The Hall–Kier alpha value is -3.53. The van der Waals surface area contributed by atoms with E-state index in [4.69, 9.17) is 19.0 Å². The van der Waals surface area contributed by atoms with Crippen LogP contribution < -0.4 is 25.3 Å². The van der Waals surface area contributed by atoms with Gasteiger partial charge < -0.3 is 24.3 Å². The van der Waals surface area contributed by atoms with Crippen LogP contribution in [0.1, 0.15) is 24.2 Å². The maximum atomic E-state index is 12.6. The van der Waals surface area contributed by atoms with Gasteiger partial charge in [-0.05, 0) is 18.2 Å². The van der Waals surface area contributed by atoms with Crippen LogP contribution in [-0.4, -0.2) is 38.4 Å². The Morgan fingerprint density at radius 3 is 2.43 bits per heavy atom. The van der Waals surface area contributed by atoms with E-state index in [1.54, 1.807) is 18.2 Å². The van der Waals surface area contributed by atoms with E-state index in [1.807, 2.05) is 13.8 Å². The molecule has 0 fully saturated rings. The van der Waals surface area contributed by atoms with Crippen molar-refractivity contribution in [2.45, 2.75) is 13.8 Å². The zero-order valence-electron chi connectivity index (χ0n) is 17.1. The number of rotatable bonds is 5. The Morgan fingerprint density at radius 2 is 1.83 bits per heavy atom. The van der Waals surface area contributed by atoms with Gasteiger partial charge in [0.2, 0.25) is 0 Å². The zero-order valence-corrected chi connectivity index (χ0v) is 18.0. The molecule has 0 aliphatic carbocycles. The fourth-order valence-corrected chi connectivity index (χ4v) is 3.41. The van der Waals surface area contributed by atoms with Crippen LogP contribution in [0.25, 0.3) is 10.3 Å². The van der Waals surface area contributed by atoms with Crippen molar-refractivity contribution >= 4 is 44.3 Å². The lowest BCUT2D eigenvalue weighted by Crippen LogP contribution is -2.30. The van der Waals surface area contributed by atoms with E-state index in [0.29, 0.717) is 26.9 Å². The average Bonchev–Trinajstić information content (AvgIpc) is 3.16. The van der Waals surface area contributed by atoms with Crippen molar-refractivity contribution in [3.8, 4) is 11.5 Å². The molecule has 2 N–H and O–H groups in total. The van der Waals surface area contributed by atoms with Crippen LogP contribution in [0, 0.1) is 0 Å². The second kappa shape index (κ2) is 9.79. The van der Waals surface area contributed by atoms with Gasteiger partial charge in [-0.15, -0.1) is 11.3 Å². The van der Waals surface area contributed by atoms with Crippen LogP contribution in [0.4, 0.5) is 15.5 Å². The molecule has 2 heterocycles. The number of hydrogen-bond acceptors (Lipinski definition) is 7. The molecule has 0 saturated heterocycles. The number of carboxylic acids is 1. The molecule has 160 valence electrons. The maximum absolute atomic E-state index is 12.6. The van der Waals surface area contributed by atoms with Crippen molar-refractivity contribution in [3.63, 3.8) is 0 Å². The summed E-state index contributed by atoms with van der Waals surface area (Å²) in [6.45, 7) is 4.00. The SMILES string of the molecule is CC.COc1ccc(NC(=O)N(C)c2cc3oc(=O)c(C(=O)O)cc3s2)c(OC)c1. The number of amides is 2. The average molecular weight is 434 g/mol. The van der Waals surface area contributed by atoms with Crippen molar-refractivity contribution in [2.24, 2.45) is 0 Å². The summed E-state index contributed by atoms with van der Waals surface area (Å²) in [6, 6.07) is 7.23. The molecule has 0 radical (unpaired) electrons. The number of nitrogens with zero attached hydrogens (tertiary/aromatic N) is 1. The fourth-order valence-electron chi connectivity index (χ4n) is 2.42. The molecule has 3 aromatic rings. The molecule has 0 atom stereocenters. The number of carbonyl (C=O) groups excluding carboxylic acids is 1. The van der Waals surface area contributed by atoms with Gasteiger partial charge in [-0.3, -0.25) is 4.90 Å². The van der Waals surface area contributed by atoms with Gasteiger partial charge in [-0.2, -0.15) is 0 Å². The predicted octanol–water partition coefficient (Wildman–Crippen LogP) is 4.26. The minimum absolute atomic E-state index is 0.205. The Labute approximate surface area is 176 Å². The molecule has 2 aromatic heterocycles. The van der Waals surface area contributed by atoms with Gasteiger partial charge in [0.15, 0.2) is 5.58 Å². The molecule has 30 heavy (non-hydrogen) atoms. The van der Waals surface area contributed by atoms with Crippen LogP contribution in [0.3, 0.4) is 0 Å². The van der Waals surface area contributed by atoms with E-state index in [2.05, 4.69) is 5.32 Å². The molecule has 2 amide bonds. The first-order valence-electron chi connectivity index (χ1n) is 8.91. The van der Waals surface area contributed by atoms with Crippen molar-refractivity contribution in [3.05, 3.63) is 46.3 Å². The molecule has 0 aliphatic rings. The standard InChI is InChI=1S/C18H16N2O7S.C2H6/c1-20(18(24)19-11-5-4-9(25-2)6-12(11)26-3)15-8-13-14(28-15)7-10(16(21)22)17(23)27-13;1-2/h4-8H,1-3H3,(H,19,24)(H,21,22);1-2H3. The number of thiophene rings is 1. The number of urea groups is 1. The highest BCUT2D eigenvalue weighted by atomic mass is 32.1. The third-order valence-electron chi connectivity index (χ3n) is 3.93. The van der Waals surface area contributed by atoms with E-state index < -0.39 is 23.2 Å². The molecule has 0 spiro atoms. The van der Waals surface area contributed by atoms with Gasteiger partial charge in [-0.1, -0.05) is 13.8 Å². The van der Waals surface area contributed by atoms with E-state index in [9.17, 15) is 14.4 Å². The molecule has 10 heteroatoms. The van der Waals surface area contributed by atoms with Crippen LogP contribution in [0.5, 0.6) is 11.5 Å². The van der Waals surface area contributed by atoms with Crippen molar-refractivity contribution in [2.75, 3.05) is 31.5 Å². The van der Waals surface area contributed by atoms with E-state index in [1.165, 1.54) is 38.3 Å². The number of hydrogen-bond donors (Lipinski definition) is 2. The van der Waals surface area contributed by atoms with E-state index in [-0.39, 0.29) is 5.58 Å². The molecule has 3 rings (SSSR count). The second-order valence-electron chi connectivity index (χ2n) is 5.62. The van der Waals surface area contributed by atoms with Crippen LogP contribution in [0.15, 0.2) is 39.5 Å². The summed E-state index contributed by atoms with van der Waals surface area (Å²) >= 11 is 1.12. The molecule has 1 aromatic carbocycles. The van der Waals surface area contributed by atoms with Crippen LogP contribution in [0.2, 0.25) is 0 Å². The first-order valence-corrected chi connectivity index (χ1v) is 9.73. The molecule has 0 saturated carbocycles. The third-order valence-corrected chi connectivity index (χ3v) is 5.07. The monoisotopic (exact) mass is 434 g/mol. The van der Waals surface area contributed by atoms with Gasteiger partial charge >= 0.3 is 17.6 Å². The summed E-state index contributed by atoms with van der Waals surface area (Å²) in [5.74, 6) is -0.366. The number of fused-ring (bicyclic) bond motifs is 1. The highest BCUT2D eigenvalue weighted by Crippen LogP contribution is 2.33. The Balaban J connectivity index is 0.00000155. The number of methoxy groups -OCH3 is 2. The number of aromatic carboxylic acids is 1. The summed E-state index contributed by atoms with van der Waals surface area (Å²) in [7, 11) is 4.53. The van der Waals surface area contributed by atoms with E-state index in [0.717, 1.165) is 11.3 Å². The number of anilines is 2. The van der Waals surface area contributed by atoms with Gasteiger partial charge in [0.25, 0.3) is 0 Å². The van der Waals surface area contributed by atoms with Crippen molar-refractivity contribution in [1.29, 1.82) is 0 Å². The molecule has 0 aliphatic heterocycles. The summed E-state index contributed by atoms with van der Waals surface area (Å²) in [5, 5.41) is 12.2. The lowest BCUT2D eigenvalue weighted by molar-refractivity contribution is 0.0692. The second-order valence-corrected chi connectivity index (χ2v) is 6.68. The molecule has 0 bridgehead atoms. The normalized spacial score (nSPS) is 10.0. The largest absolute Gasteiger partial charge is 0.497 e. The number of carbonyl (C=O) groups is 2. The minimum Gasteiger partial charge on any atom is -0.497 e. The van der Waals surface area contributed by atoms with Gasteiger partial charge in [0, 0.05) is 19.2 Å². The molecular weight excluding hydrogens is 412 g/mol. The summed E-state index contributed by atoms with van der Waals surface area (Å²) in [5.41, 5.74) is -0.756. The molecular formula is C20H22N2O7S. The first kappa shape index (κ1) is 22.8. The highest BCUT2D eigenvalue weighted by Gasteiger charge is 2.19. The number of carboxylic acid groups (broad SMARTS) is 1. The Kier molecular flexibility index (Phi) is 7.43. The lowest BCUT2D eigenvalue weighted by atomic mass is 10.2. The minimum atomic E-state index is -1.37. The first-order chi connectivity index (χ1) is 14.3. The zero-order chi connectivity index (χ0) is 22.4. The summed E-state index contributed by atoms with van der Waals surface area (Å²) < 4.78 is 15.8. The smallest absolute Gasteiger partial charge is 0.351 e. The Bertz CT molecular complexity index is 1120. The fraction of sp³-hybridized carbons (Fsp3) is 0.250. The number of ether oxygens (including phenoxy) is 2. The number of benzene rings is 1. The highest BCUT2D eigenvalue weighted by molar-refractivity contribution is 7.22. The van der Waals surface area contributed by atoms with Gasteiger partial charge in [-0.25, -0.2) is 14.4 Å². The van der Waals surface area contributed by atoms with E-state index >= 15 is 0 Å². The summed E-state index contributed by atoms with van der Waals surface area (Å²) in [4.78, 5) is 36.7. The molecule has 9 nitrogen and oxygen atoms in total. The van der Waals surface area contributed by atoms with Crippen molar-refractivity contribution in [1.82, 2.24) is 0 Å². The van der Waals surface area contributed by atoms with Crippen LogP contribution in [-0.2, 0) is 0 Å². The Morgan fingerprint density at radius 1 is 1.13 bits per heavy atom. The summed E-state index contributed by atoms with van der Waals surface area (Å²) in [6.07, 6.45) is 0. The van der Waals surface area contributed by atoms with Gasteiger partial charge in [0.05, 0.1) is 24.6 Å². The number of nitrogens with one attached hydrogen (secondary N) is 1. The van der Waals surface area contributed by atoms with Crippen LogP contribution >= 0.6 is 11.3 Å². The lowest BCUT2D eigenvalue weighted by Gasteiger charge is -2.17. The molecule has 0 unspecified atom stereocenters. The maximum Gasteiger partial charge on any atom is 0.351 e. The van der Waals surface area contributed by atoms with Crippen molar-refractivity contribution < 1.29 is 28.6 Å².